The number of carbonyl (C=O) groups is 3. The van der Waals surface area contributed by atoms with Crippen molar-refractivity contribution in [3.63, 3.8) is 0 Å². The molecule has 1 N–H and O–H groups in total. The lowest BCUT2D eigenvalue weighted by atomic mass is 9.96. The number of esters is 2. The standard InChI is InChI=1S/C24H29FN2O6/c1-13(2)23(29)33-21-19(31-6)11-12-26-20(21)22(28)27-15(4)24(30)32-16(5)14(3)17-7-9-18(25)10-8-17/h7-16H,1-6H3,(H,27,28)/t14-,15+,16+/m1/s1. The zero-order valence-electron chi connectivity index (χ0n) is 19.5. The SMILES string of the molecule is COc1ccnc(C(=O)N[C@@H](C)C(=O)O[C@@H](C)[C@@H](C)c2ccc(F)cc2)c1OC(=O)C(C)C. The number of pyridine rings is 1. The number of ether oxygens (including phenoxy) is 3. The van der Waals surface area contributed by atoms with E-state index < -0.39 is 35.9 Å². The van der Waals surface area contributed by atoms with Crippen LogP contribution in [0.3, 0.4) is 0 Å². The van der Waals surface area contributed by atoms with Crippen molar-refractivity contribution >= 4 is 17.8 Å². The summed E-state index contributed by atoms with van der Waals surface area (Å²) in [6, 6.07) is 6.38. The normalized spacial score (nSPS) is 13.6. The largest absolute Gasteiger partial charge is 0.493 e. The highest BCUT2D eigenvalue weighted by atomic mass is 19.1. The van der Waals surface area contributed by atoms with E-state index in [1.165, 1.54) is 38.4 Å². The molecule has 1 amide bonds. The summed E-state index contributed by atoms with van der Waals surface area (Å²) in [6.45, 7) is 8.33. The average molecular weight is 461 g/mol. The lowest BCUT2D eigenvalue weighted by Gasteiger charge is -2.23. The van der Waals surface area contributed by atoms with Crippen molar-refractivity contribution in [3.05, 3.63) is 53.6 Å². The van der Waals surface area contributed by atoms with Crippen molar-refractivity contribution in [2.75, 3.05) is 7.11 Å². The molecule has 1 heterocycles. The van der Waals surface area contributed by atoms with E-state index >= 15 is 0 Å². The van der Waals surface area contributed by atoms with Gasteiger partial charge in [0.05, 0.1) is 13.0 Å². The molecule has 8 nitrogen and oxygen atoms in total. The molecule has 33 heavy (non-hydrogen) atoms. The minimum Gasteiger partial charge on any atom is -0.493 e. The third-order valence-corrected chi connectivity index (χ3v) is 5.08. The minimum atomic E-state index is -1.01. The van der Waals surface area contributed by atoms with Crippen LogP contribution in [0.2, 0.25) is 0 Å². The zero-order valence-corrected chi connectivity index (χ0v) is 19.5. The van der Waals surface area contributed by atoms with Crippen molar-refractivity contribution in [3.8, 4) is 11.5 Å². The number of aromatic nitrogens is 1. The molecule has 2 aromatic rings. The summed E-state index contributed by atoms with van der Waals surface area (Å²) in [7, 11) is 1.37. The van der Waals surface area contributed by atoms with E-state index in [0.29, 0.717) is 0 Å². The van der Waals surface area contributed by atoms with E-state index in [1.54, 1.807) is 32.9 Å². The summed E-state index contributed by atoms with van der Waals surface area (Å²) in [6.07, 6.45) is 0.801. The van der Waals surface area contributed by atoms with Gasteiger partial charge in [-0.15, -0.1) is 0 Å². The van der Waals surface area contributed by atoms with E-state index in [0.717, 1.165) is 5.56 Å². The van der Waals surface area contributed by atoms with Gasteiger partial charge in [-0.25, -0.2) is 14.2 Å². The van der Waals surface area contributed by atoms with E-state index in [2.05, 4.69) is 10.3 Å². The summed E-state index contributed by atoms with van der Waals surface area (Å²) >= 11 is 0. The number of hydrogen-bond acceptors (Lipinski definition) is 7. The van der Waals surface area contributed by atoms with Crippen LogP contribution in [-0.2, 0) is 14.3 Å². The van der Waals surface area contributed by atoms with Gasteiger partial charge in [0, 0.05) is 18.2 Å². The van der Waals surface area contributed by atoms with Crippen molar-refractivity contribution in [2.45, 2.75) is 52.7 Å². The quantitative estimate of drug-likeness (QED) is 0.570. The number of amides is 1. The Labute approximate surface area is 192 Å². The van der Waals surface area contributed by atoms with Crippen LogP contribution in [0.5, 0.6) is 11.5 Å². The highest BCUT2D eigenvalue weighted by Crippen LogP contribution is 2.30. The van der Waals surface area contributed by atoms with Crippen molar-refractivity contribution < 1.29 is 33.0 Å². The van der Waals surface area contributed by atoms with Gasteiger partial charge < -0.3 is 19.5 Å². The predicted octanol–water partition coefficient (Wildman–Crippen LogP) is 3.64. The van der Waals surface area contributed by atoms with Gasteiger partial charge in [0.15, 0.2) is 11.4 Å². The molecule has 0 aliphatic carbocycles. The first-order valence-electron chi connectivity index (χ1n) is 10.6. The first kappa shape index (κ1) is 25.8. The van der Waals surface area contributed by atoms with Gasteiger partial charge in [0.2, 0.25) is 5.75 Å². The Balaban J connectivity index is 2.09. The molecule has 0 radical (unpaired) electrons. The number of halogens is 1. The summed E-state index contributed by atoms with van der Waals surface area (Å²) in [5, 5.41) is 2.51. The predicted molar refractivity (Wildman–Crippen MR) is 119 cm³/mol. The monoisotopic (exact) mass is 460 g/mol. The maximum atomic E-state index is 13.1. The Hall–Kier alpha value is -3.49. The molecule has 0 aliphatic heterocycles. The first-order valence-corrected chi connectivity index (χ1v) is 10.6. The Bertz CT molecular complexity index is 993. The third kappa shape index (κ3) is 6.74. The highest BCUT2D eigenvalue weighted by molar-refractivity contribution is 5.98. The van der Waals surface area contributed by atoms with E-state index in [4.69, 9.17) is 14.2 Å². The molecule has 0 saturated carbocycles. The van der Waals surface area contributed by atoms with Crippen LogP contribution in [0.15, 0.2) is 36.5 Å². The molecule has 2 rings (SSSR count). The molecule has 3 atom stereocenters. The second kappa shape index (κ2) is 11.4. The summed E-state index contributed by atoms with van der Waals surface area (Å²) < 4.78 is 29.1. The van der Waals surface area contributed by atoms with Gasteiger partial charge in [-0.05, 0) is 31.5 Å². The molecule has 0 saturated heterocycles. The Kier molecular flexibility index (Phi) is 8.90. The smallest absolute Gasteiger partial charge is 0.328 e. The summed E-state index contributed by atoms with van der Waals surface area (Å²) in [4.78, 5) is 41.4. The summed E-state index contributed by atoms with van der Waals surface area (Å²) in [5.41, 5.74) is 0.612. The molecule has 178 valence electrons. The van der Waals surface area contributed by atoms with Gasteiger partial charge >= 0.3 is 11.9 Å². The molecule has 0 unspecified atom stereocenters. The van der Waals surface area contributed by atoms with Gasteiger partial charge in [0.25, 0.3) is 5.91 Å². The highest BCUT2D eigenvalue weighted by Gasteiger charge is 2.27. The maximum absolute atomic E-state index is 13.1. The van der Waals surface area contributed by atoms with Crippen molar-refractivity contribution in [2.24, 2.45) is 5.92 Å². The molecular formula is C24H29FN2O6. The maximum Gasteiger partial charge on any atom is 0.328 e. The molecule has 0 aliphatic rings. The van der Waals surface area contributed by atoms with E-state index in [-0.39, 0.29) is 28.9 Å². The van der Waals surface area contributed by atoms with Crippen LogP contribution in [0.1, 0.15) is 56.6 Å². The molecular weight excluding hydrogens is 431 g/mol. The fraction of sp³-hybridized carbons (Fsp3) is 0.417. The van der Waals surface area contributed by atoms with Crippen molar-refractivity contribution in [1.29, 1.82) is 0 Å². The molecule has 0 bridgehead atoms. The number of hydrogen-bond donors (Lipinski definition) is 1. The van der Waals surface area contributed by atoms with Crippen LogP contribution in [-0.4, -0.2) is 42.1 Å². The third-order valence-electron chi connectivity index (χ3n) is 5.08. The average Bonchev–Trinajstić information content (AvgIpc) is 2.78. The number of nitrogens with one attached hydrogen (secondary N) is 1. The topological polar surface area (TPSA) is 104 Å². The van der Waals surface area contributed by atoms with E-state index in [9.17, 15) is 18.8 Å². The molecule has 0 spiro atoms. The van der Waals surface area contributed by atoms with Crippen LogP contribution in [0.4, 0.5) is 4.39 Å². The van der Waals surface area contributed by atoms with Crippen molar-refractivity contribution in [1.82, 2.24) is 10.3 Å². The number of carbonyl (C=O) groups excluding carboxylic acids is 3. The van der Waals surface area contributed by atoms with Gasteiger partial charge in [-0.3, -0.25) is 9.59 Å². The molecule has 1 aromatic heterocycles. The van der Waals surface area contributed by atoms with Gasteiger partial charge in [-0.2, -0.15) is 0 Å². The molecule has 9 heteroatoms. The second-order valence-corrected chi connectivity index (χ2v) is 7.94. The van der Waals surface area contributed by atoms with Crippen LogP contribution >= 0.6 is 0 Å². The lowest BCUT2D eigenvalue weighted by molar-refractivity contribution is -0.151. The van der Waals surface area contributed by atoms with Crippen LogP contribution < -0.4 is 14.8 Å². The van der Waals surface area contributed by atoms with E-state index in [1.807, 2.05) is 6.92 Å². The van der Waals surface area contributed by atoms with Crippen LogP contribution in [0.25, 0.3) is 0 Å². The zero-order chi connectivity index (χ0) is 24.7. The summed E-state index contributed by atoms with van der Waals surface area (Å²) in [5.74, 6) is -2.92. The lowest BCUT2D eigenvalue weighted by Crippen LogP contribution is -2.41. The Morgan fingerprint density at radius 2 is 1.61 bits per heavy atom. The minimum absolute atomic E-state index is 0.130. The number of rotatable bonds is 9. The number of methoxy groups -OCH3 is 1. The molecule has 1 aromatic carbocycles. The number of nitrogens with zero attached hydrogens (tertiary/aromatic N) is 1. The number of benzene rings is 1. The molecule has 0 fully saturated rings. The van der Waals surface area contributed by atoms with Gasteiger partial charge in [-0.1, -0.05) is 32.9 Å². The Morgan fingerprint density at radius 1 is 0.970 bits per heavy atom. The van der Waals surface area contributed by atoms with Gasteiger partial charge in [0.1, 0.15) is 18.0 Å². The first-order chi connectivity index (χ1) is 15.5. The Morgan fingerprint density at radius 3 is 2.18 bits per heavy atom. The second-order valence-electron chi connectivity index (χ2n) is 7.94. The fourth-order valence-electron chi connectivity index (χ4n) is 2.82. The fourth-order valence-corrected chi connectivity index (χ4v) is 2.82. The van der Waals surface area contributed by atoms with Crippen LogP contribution in [0, 0.1) is 11.7 Å².